The van der Waals surface area contributed by atoms with E-state index < -0.39 is 24.1 Å². The van der Waals surface area contributed by atoms with Crippen molar-refractivity contribution in [2.75, 3.05) is 0 Å². The molecular formula is C8H4F5IO. The van der Waals surface area contributed by atoms with Crippen molar-refractivity contribution in [3.05, 3.63) is 27.3 Å². The van der Waals surface area contributed by atoms with Crippen LogP contribution in [0.2, 0.25) is 0 Å². The first-order valence-electron chi connectivity index (χ1n) is 3.63. The van der Waals surface area contributed by atoms with Gasteiger partial charge in [-0.2, -0.15) is 0 Å². The number of ether oxygens (including phenoxy) is 1. The zero-order valence-electron chi connectivity index (χ0n) is 6.99. The highest BCUT2D eigenvalue weighted by Crippen LogP contribution is 2.33. The third-order valence-electron chi connectivity index (χ3n) is 1.44. The van der Waals surface area contributed by atoms with Crippen molar-refractivity contribution in [1.29, 1.82) is 0 Å². The first-order chi connectivity index (χ1) is 6.79. The van der Waals surface area contributed by atoms with Gasteiger partial charge in [0.2, 0.25) is 0 Å². The minimum Gasteiger partial charge on any atom is -0.405 e. The monoisotopic (exact) mass is 338 g/mol. The molecule has 0 spiro atoms. The fourth-order valence-electron chi connectivity index (χ4n) is 0.902. The molecule has 0 N–H and O–H groups in total. The second-order valence-corrected chi connectivity index (χ2v) is 3.78. The maximum Gasteiger partial charge on any atom is 0.573 e. The molecule has 7 heteroatoms. The largest absolute Gasteiger partial charge is 0.573 e. The average molecular weight is 338 g/mol. The Labute approximate surface area is 95.4 Å². The van der Waals surface area contributed by atoms with Crippen LogP contribution in [0.25, 0.3) is 0 Å². The molecule has 0 heterocycles. The van der Waals surface area contributed by atoms with E-state index in [1.807, 2.05) is 0 Å². The zero-order chi connectivity index (χ0) is 11.6. The Morgan fingerprint density at radius 2 is 1.80 bits per heavy atom. The number of alkyl halides is 5. The number of halogens is 6. The van der Waals surface area contributed by atoms with Crippen LogP contribution in [-0.4, -0.2) is 6.36 Å². The molecule has 0 aromatic heterocycles. The molecule has 0 aliphatic rings. The molecule has 1 aromatic rings. The number of hydrogen-bond donors (Lipinski definition) is 0. The summed E-state index contributed by atoms with van der Waals surface area (Å²) in [5.74, 6) is -0.857. The van der Waals surface area contributed by atoms with E-state index in [-0.39, 0.29) is 0 Å². The molecule has 1 nitrogen and oxygen atoms in total. The SMILES string of the molecule is FC(F)c1ccc(I)cc1OC(F)(F)F. The van der Waals surface area contributed by atoms with Crippen molar-refractivity contribution in [3.8, 4) is 5.75 Å². The lowest BCUT2D eigenvalue weighted by Crippen LogP contribution is -2.18. The van der Waals surface area contributed by atoms with Crippen molar-refractivity contribution in [1.82, 2.24) is 0 Å². The van der Waals surface area contributed by atoms with Crippen LogP contribution < -0.4 is 4.74 Å². The minimum atomic E-state index is -4.96. The molecule has 0 bridgehead atoms. The van der Waals surface area contributed by atoms with Crippen molar-refractivity contribution >= 4 is 22.6 Å². The Hall–Kier alpha value is -0.600. The lowest BCUT2D eigenvalue weighted by atomic mass is 10.2. The van der Waals surface area contributed by atoms with Gasteiger partial charge in [-0.25, -0.2) is 8.78 Å². The molecule has 0 radical (unpaired) electrons. The van der Waals surface area contributed by atoms with E-state index in [0.29, 0.717) is 3.57 Å². The van der Waals surface area contributed by atoms with E-state index in [0.717, 1.165) is 12.1 Å². The molecule has 0 unspecified atom stereocenters. The van der Waals surface area contributed by atoms with E-state index in [9.17, 15) is 22.0 Å². The first-order valence-corrected chi connectivity index (χ1v) is 4.71. The molecular weight excluding hydrogens is 334 g/mol. The molecule has 84 valence electrons. The van der Waals surface area contributed by atoms with Gasteiger partial charge < -0.3 is 4.74 Å². The second-order valence-electron chi connectivity index (χ2n) is 2.53. The Bertz CT molecular complexity index is 349. The van der Waals surface area contributed by atoms with Crippen LogP contribution in [0.5, 0.6) is 5.75 Å². The quantitative estimate of drug-likeness (QED) is 0.582. The molecule has 0 saturated heterocycles. The zero-order valence-corrected chi connectivity index (χ0v) is 9.14. The van der Waals surface area contributed by atoms with Crippen LogP contribution in [-0.2, 0) is 0 Å². The predicted molar refractivity (Wildman–Crippen MR) is 50.8 cm³/mol. The maximum absolute atomic E-state index is 12.3. The maximum atomic E-state index is 12.3. The van der Waals surface area contributed by atoms with Crippen LogP contribution in [0.3, 0.4) is 0 Å². The third kappa shape index (κ3) is 3.80. The molecule has 1 aromatic carbocycles. The van der Waals surface area contributed by atoms with E-state index >= 15 is 0 Å². The van der Waals surface area contributed by atoms with Gasteiger partial charge in [0, 0.05) is 3.57 Å². The van der Waals surface area contributed by atoms with Crippen LogP contribution in [0.15, 0.2) is 18.2 Å². The lowest BCUT2D eigenvalue weighted by Gasteiger charge is -2.12. The highest BCUT2D eigenvalue weighted by atomic mass is 127. The van der Waals surface area contributed by atoms with Crippen molar-refractivity contribution in [2.24, 2.45) is 0 Å². The molecule has 0 amide bonds. The van der Waals surface area contributed by atoms with Crippen LogP contribution in [0, 0.1) is 3.57 Å². The standard InChI is InChI=1S/C8H4F5IO/c9-7(10)5-2-1-4(14)3-6(5)15-8(11,12)13/h1-3,7H. The fraction of sp³-hybridized carbons (Fsp3) is 0.250. The molecule has 0 saturated carbocycles. The van der Waals surface area contributed by atoms with Gasteiger partial charge in [-0.1, -0.05) is 0 Å². The normalized spacial score (nSPS) is 11.9. The molecule has 15 heavy (non-hydrogen) atoms. The Kier molecular flexibility index (Phi) is 3.74. The van der Waals surface area contributed by atoms with Gasteiger partial charge in [-0.05, 0) is 40.8 Å². The third-order valence-corrected chi connectivity index (χ3v) is 2.11. The van der Waals surface area contributed by atoms with Crippen LogP contribution >= 0.6 is 22.6 Å². The molecule has 0 aliphatic heterocycles. The summed E-state index contributed by atoms with van der Waals surface area (Å²) in [6.07, 6.45) is -7.96. The van der Waals surface area contributed by atoms with Gasteiger partial charge in [0.05, 0.1) is 5.56 Å². The summed E-state index contributed by atoms with van der Waals surface area (Å²) in [6.45, 7) is 0. The molecule has 0 fully saturated rings. The van der Waals surface area contributed by atoms with Gasteiger partial charge in [0.1, 0.15) is 5.75 Å². The summed E-state index contributed by atoms with van der Waals surface area (Å²) in [4.78, 5) is 0. The summed E-state index contributed by atoms with van der Waals surface area (Å²) in [5.41, 5.74) is -0.771. The van der Waals surface area contributed by atoms with Gasteiger partial charge in [0.25, 0.3) is 6.43 Å². The summed E-state index contributed by atoms with van der Waals surface area (Å²) < 4.78 is 64.0. The molecule has 1 rings (SSSR count). The van der Waals surface area contributed by atoms with E-state index in [1.54, 1.807) is 22.6 Å². The number of hydrogen-bond acceptors (Lipinski definition) is 1. The van der Waals surface area contributed by atoms with Gasteiger partial charge in [-0.3, -0.25) is 0 Å². The van der Waals surface area contributed by atoms with E-state index in [4.69, 9.17) is 0 Å². The number of benzene rings is 1. The summed E-state index contributed by atoms with van der Waals surface area (Å²) in [6, 6.07) is 3.11. The lowest BCUT2D eigenvalue weighted by molar-refractivity contribution is -0.275. The number of rotatable bonds is 2. The fourth-order valence-corrected chi connectivity index (χ4v) is 1.36. The molecule has 0 aliphatic carbocycles. The van der Waals surface area contributed by atoms with Crippen LogP contribution in [0.1, 0.15) is 12.0 Å². The first kappa shape index (κ1) is 12.5. The van der Waals surface area contributed by atoms with E-state index in [1.165, 1.54) is 6.07 Å². The van der Waals surface area contributed by atoms with Crippen molar-refractivity contribution in [2.45, 2.75) is 12.8 Å². The second kappa shape index (κ2) is 4.50. The Morgan fingerprint density at radius 1 is 1.20 bits per heavy atom. The summed E-state index contributed by atoms with van der Waals surface area (Å²) in [5, 5.41) is 0. The molecule has 0 atom stereocenters. The smallest absolute Gasteiger partial charge is 0.405 e. The van der Waals surface area contributed by atoms with Crippen molar-refractivity contribution < 1.29 is 26.7 Å². The summed E-state index contributed by atoms with van der Waals surface area (Å²) >= 11 is 1.70. The Balaban J connectivity index is 3.08. The van der Waals surface area contributed by atoms with Crippen molar-refractivity contribution in [3.63, 3.8) is 0 Å². The summed E-state index contributed by atoms with van der Waals surface area (Å²) in [7, 11) is 0. The van der Waals surface area contributed by atoms with Crippen LogP contribution in [0.4, 0.5) is 22.0 Å². The van der Waals surface area contributed by atoms with Gasteiger partial charge >= 0.3 is 6.36 Å². The minimum absolute atomic E-state index is 0.385. The average Bonchev–Trinajstić information content (AvgIpc) is 1.99. The highest BCUT2D eigenvalue weighted by Gasteiger charge is 2.33. The van der Waals surface area contributed by atoms with E-state index in [2.05, 4.69) is 4.74 Å². The highest BCUT2D eigenvalue weighted by molar-refractivity contribution is 14.1. The van der Waals surface area contributed by atoms with Gasteiger partial charge in [0.15, 0.2) is 0 Å². The predicted octanol–water partition coefficient (Wildman–Crippen LogP) is 4.13. The van der Waals surface area contributed by atoms with Gasteiger partial charge in [-0.15, -0.1) is 13.2 Å². The Morgan fingerprint density at radius 3 is 2.27 bits per heavy atom. The topological polar surface area (TPSA) is 9.23 Å².